The van der Waals surface area contributed by atoms with E-state index in [0.717, 1.165) is 44.6 Å². The predicted octanol–water partition coefficient (Wildman–Crippen LogP) is 2.13. The molecular weight excluding hydrogens is 330 g/mol. The lowest BCUT2D eigenvalue weighted by molar-refractivity contribution is -0.134. The Morgan fingerprint density at radius 1 is 1.31 bits per heavy atom. The van der Waals surface area contributed by atoms with Gasteiger partial charge in [-0.25, -0.2) is 9.78 Å². The second kappa shape index (κ2) is 7.78. The molecule has 7 nitrogen and oxygen atoms in total. The summed E-state index contributed by atoms with van der Waals surface area (Å²) >= 11 is 0. The summed E-state index contributed by atoms with van der Waals surface area (Å²) < 4.78 is 2.04. The normalized spacial score (nSPS) is 24.5. The fourth-order valence-electron chi connectivity index (χ4n) is 4.35. The Morgan fingerprint density at radius 2 is 2.04 bits per heavy atom. The number of imide groups is 1. The number of nitrogens with zero attached hydrogens (tertiary/aromatic N) is 3. The number of urea groups is 1. The molecule has 1 aromatic rings. The summed E-state index contributed by atoms with van der Waals surface area (Å²) in [6.45, 7) is 9.27. The van der Waals surface area contributed by atoms with Crippen LogP contribution in [0.2, 0.25) is 0 Å². The second-order valence-corrected chi connectivity index (χ2v) is 8.00. The van der Waals surface area contributed by atoms with Crippen LogP contribution >= 0.6 is 0 Å². The average Bonchev–Trinajstić information content (AvgIpc) is 3.14. The van der Waals surface area contributed by atoms with Gasteiger partial charge in [-0.3, -0.25) is 9.69 Å². The number of rotatable bonds is 7. The third kappa shape index (κ3) is 3.49. The molecule has 0 aliphatic carbocycles. The first-order valence-corrected chi connectivity index (χ1v) is 9.81. The number of imidazole rings is 1. The summed E-state index contributed by atoms with van der Waals surface area (Å²) in [5.74, 6) is 0.610. The lowest BCUT2D eigenvalue weighted by atomic mass is 9.75. The lowest BCUT2D eigenvalue weighted by Gasteiger charge is -2.37. The number of aromatic nitrogens is 2. The third-order valence-corrected chi connectivity index (χ3v) is 5.56. The van der Waals surface area contributed by atoms with E-state index in [-0.39, 0.29) is 24.4 Å². The van der Waals surface area contributed by atoms with E-state index < -0.39 is 5.54 Å². The quantitative estimate of drug-likeness (QED) is 0.729. The van der Waals surface area contributed by atoms with Crippen LogP contribution in [0.15, 0.2) is 12.5 Å². The van der Waals surface area contributed by atoms with Crippen LogP contribution in [0.4, 0.5) is 4.79 Å². The maximum absolute atomic E-state index is 13.4. The molecule has 2 aliphatic rings. The molecule has 0 bridgehead atoms. The van der Waals surface area contributed by atoms with Gasteiger partial charge in [-0.05, 0) is 44.2 Å². The fraction of sp³-hybridized carbons (Fsp3) is 0.737. The molecule has 0 aromatic carbocycles. The van der Waals surface area contributed by atoms with Crippen LogP contribution in [-0.4, -0.2) is 45.0 Å². The first kappa shape index (κ1) is 18.9. The first-order valence-electron chi connectivity index (χ1n) is 9.81. The minimum Gasteiger partial charge on any atom is -0.333 e. The van der Waals surface area contributed by atoms with Gasteiger partial charge in [0.05, 0.1) is 18.6 Å². The van der Waals surface area contributed by atoms with Gasteiger partial charge in [0.1, 0.15) is 5.54 Å². The van der Waals surface area contributed by atoms with Gasteiger partial charge >= 0.3 is 6.03 Å². The molecule has 0 saturated carbocycles. The van der Waals surface area contributed by atoms with E-state index in [0.29, 0.717) is 12.3 Å². The van der Waals surface area contributed by atoms with Crippen LogP contribution in [-0.2, 0) is 17.9 Å². The van der Waals surface area contributed by atoms with E-state index in [1.165, 1.54) is 4.90 Å². The van der Waals surface area contributed by atoms with Gasteiger partial charge in [-0.2, -0.15) is 0 Å². The molecule has 0 unspecified atom stereocenters. The van der Waals surface area contributed by atoms with Gasteiger partial charge in [0, 0.05) is 12.7 Å². The Kier molecular flexibility index (Phi) is 5.65. The van der Waals surface area contributed by atoms with Crippen molar-refractivity contribution in [2.45, 2.75) is 65.1 Å². The molecule has 26 heavy (non-hydrogen) atoms. The zero-order chi connectivity index (χ0) is 18.7. The number of hydrogen-bond acceptors (Lipinski definition) is 4. The van der Waals surface area contributed by atoms with Gasteiger partial charge in [0.2, 0.25) is 0 Å². The van der Waals surface area contributed by atoms with Gasteiger partial charge in [0.25, 0.3) is 5.91 Å². The van der Waals surface area contributed by atoms with Crippen LogP contribution in [0, 0.1) is 11.8 Å². The first-order chi connectivity index (χ1) is 12.5. The lowest BCUT2D eigenvalue weighted by Crippen LogP contribution is -2.55. The number of nitrogens with one attached hydrogen (secondary N) is 2. The Bertz CT molecular complexity index is 650. The van der Waals surface area contributed by atoms with Crippen molar-refractivity contribution in [1.82, 2.24) is 25.1 Å². The molecule has 7 heteroatoms. The van der Waals surface area contributed by atoms with E-state index in [1.807, 2.05) is 4.57 Å². The predicted molar refractivity (Wildman–Crippen MR) is 99.4 cm³/mol. The topological polar surface area (TPSA) is 79.3 Å². The molecule has 2 N–H and O–H groups in total. The van der Waals surface area contributed by atoms with E-state index in [4.69, 9.17) is 0 Å². The molecule has 2 aliphatic heterocycles. The Labute approximate surface area is 155 Å². The number of carbonyl (C=O) groups is 2. The summed E-state index contributed by atoms with van der Waals surface area (Å²) in [5.41, 5.74) is 0.163. The van der Waals surface area contributed by atoms with Gasteiger partial charge in [0.15, 0.2) is 0 Å². The van der Waals surface area contributed by atoms with Crippen molar-refractivity contribution >= 4 is 11.9 Å². The number of amides is 3. The van der Waals surface area contributed by atoms with Crippen molar-refractivity contribution in [3.05, 3.63) is 18.2 Å². The summed E-state index contributed by atoms with van der Waals surface area (Å²) in [6, 6.07) is -0.265. The minimum atomic E-state index is -0.739. The van der Waals surface area contributed by atoms with Crippen molar-refractivity contribution in [2.24, 2.45) is 11.8 Å². The molecule has 0 spiro atoms. The maximum Gasteiger partial charge on any atom is 0.325 e. The SMILES string of the molecule is CCC[C@@]1(C2CCNCC2)NC(=O)N(Cc2cncn2CC(C)C)C1=O. The molecule has 1 atom stereocenters. The van der Waals surface area contributed by atoms with E-state index in [9.17, 15) is 9.59 Å². The molecule has 2 saturated heterocycles. The van der Waals surface area contributed by atoms with Crippen molar-refractivity contribution in [2.75, 3.05) is 13.1 Å². The van der Waals surface area contributed by atoms with Crippen LogP contribution in [0.5, 0.6) is 0 Å². The van der Waals surface area contributed by atoms with Crippen molar-refractivity contribution in [3.8, 4) is 0 Å². The van der Waals surface area contributed by atoms with Crippen molar-refractivity contribution in [3.63, 3.8) is 0 Å². The molecule has 144 valence electrons. The zero-order valence-electron chi connectivity index (χ0n) is 16.1. The molecule has 2 fully saturated rings. The van der Waals surface area contributed by atoms with Gasteiger partial charge in [-0.15, -0.1) is 0 Å². The highest BCUT2D eigenvalue weighted by Crippen LogP contribution is 2.36. The van der Waals surface area contributed by atoms with E-state index >= 15 is 0 Å². The van der Waals surface area contributed by atoms with Crippen molar-refractivity contribution < 1.29 is 9.59 Å². The van der Waals surface area contributed by atoms with Gasteiger partial charge < -0.3 is 15.2 Å². The maximum atomic E-state index is 13.4. The Hall–Kier alpha value is -1.89. The average molecular weight is 361 g/mol. The van der Waals surface area contributed by atoms with E-state index in [2.05, 4.69) is 36.4 Å². The van der Waals surface area contributed by atoms with E-state index in [1.54, 1.807) is 12.5 Å². The van der Waals surface area contributed by atoms with Crippen LogP contribution in [0.25, 0.3) is 0 Å². The monoisotopic (exact) mass is 361 g/mol. The molecule has 3 rings (SSSR count). The number of piperidine rings is 1. The minimum absolute atomic E-state index is 0.0615. The summed E-state index contributed by atoms with van der Waals surface area (Å²) in [6.07, 6.45) is 6.95. The highest BCUT2D eigenvalue weighted by molar-refractivity contribution is 6.07. The highest BCUT2D eigenvalue weighted by Gasteiger charge is 2.54. The van der Waals surface area contributed by atoms with Gasteiger partial charge in [-0.1, -0.05) is 27.2 Å². The van der Waals surface area contributed by atoms with Crippen LogP contribution in [0.3, 0.4) is 0 Å². The third-order valence-electron chi connectivity index (χ3n) is 5.56. The molecule has 1 aromatic heterocycles. The zero-order valence-corrected chi connectivity index (χ0v) is 16.1. The largest absolute Gasteiger partial charge is 0.333 e. The number of hydrogen-bond donors (Lipinski definition) is 2. The Morgan fingerprint density at radius 3 is 2.69 bits per heavy atom. The standard InChI is InChI=1S/C19H31N5O2/c1-4-7-19(15-5-8-20-9-6-15)17(25)24(18(26)22-19)12-16-10-21-13-23(16)11-14(2)3/h10,13-15,20H,4-9,11-12H2,1-3H3,(H,22,26)/t19-/m0/s1. The van der Waals surface area contributed by atoms with Crippen LogP contribution in [0.1, 0.15) is 52.1 Å². The smallest absolute Gasteiger partial charge is 0.325 e. The highest BCUT2D eigenvalue weighted by atomic mass is 16.2. The Balaban J connectivity index is 1.82. The fourth-order valence-corrected chi connectivity index (χ4v) is 4.35. The molecular formula is C19H31N5O2. The van der Waals surface area contributed by atoms with Crippen LogP contribution < -0.4 is 10.6 Å². The molecule has 3 heterocycles. The molecule has 0 radical (unpaired) electrons. The summed E-state index contributed by atoms with van der Waals surface area (Å²) in [4.78, 5) is 31.7. The second-order valence-electron chi connectivity index (χ2n) is 8.00. The summed E-state index contributed by atoms with van der Waals surface area (Å²) in [5, 5.41) is 6.44. The number of carbonyl (C=O) groups excluding carboxylic acids is 2. The molecule has 3 amide bonds. The summed E-state index contributed by atoms with van der Waals surface area (Å²) in [7, 11) is 0. The van der Waals surface area contributed by atoms with Crippen molar-refractivity contribution in [1.29, 1.82) is 0 Å².